The Morgan fingerprint density at radius 3 is 2.44 bits per heavy atom. The molecule has 0 bridgehead atoms. The summed E-state index contributed by atoms with van der Waals surface area (Å²) in [4.78, 5) is 10.3. The minimum Gasteiger partial charge on any atom is -0.395 e. The van der Waals surface area contributed by atoms with Crippen molar-refractivity contribution >= 4 is 18.0 Å². The van der Waals surface area contributed by atoms with Crippen LogP contribution in [0.2, 0.25) is 0 Å². The second-order valence-electron chi connectivity index (χ2n) is 2.36. The number of rotatable bonds is 4. The molecular formula is C6H12O2S. The Hall–Kier alpha value is -0.0200. The fourth-order valence-corrected chi connectivity index (χ4v) is 1.27. The standard InChI is InChI=1S/C6H12O2S/c1-6(3-7,4-8)5-9-2/h3,8H,4-5H2,1-2H3. The Balaban J connectivity index is 3.76. The van der Waals surface area contributed by atoms with E-state index in [4.69, 9.17) is 5.11 Å². The molecule has 0 fully saturated rings. The molecule has 0 rings (SSSR count). The quantitative estimate of drug-likeness (QED) is 0.591. The summed E-state index contributed by atoms with van der Waals surface area (Å²) >= 11 is 1.57. The molecule has 0 amide bonds. The van der Waals surface area contributed by atoms with E-state index in [2.05, 4.69) is 0 Å². The van der Waals surface area contributed by atoms with Crippen LogP contribution < -0.4 is 0 Å². The largest absolute Gasteiger partial charge is 0.395 e. The van der Waals surface area contributed by atoms with Crippen LogP contribution in [0.4, 0.5) is 0 Å². The lowest BCUT2D eigenvalue weighted by molar-refractivity contribution is -0.116. The van der Waals surface area contributed by atoms with Gasteiger partial charge in [-0.2, -0.15) is 11.8 Å². The van der Waals surface area contributed by atoms with Crippen molar-refractivity contribution in [1.82, 2.24) is 0 Å². The van der Waals surface area contributed by atoms with Gasteiger partial charge in [-0.05, 0) is 13.2 Å². The molecule has 0 aliphatic carbocycles. The molecule has 0 heterocycles. The molecule has 9 heavy (non-hydrogen) atoms. The van der Waals surface area contributed by atoms with Crippen LogP contribution in [0.1, 0.15) is 6.92 Å². The zero-order valence-electron chi connectivity index (χ0n) is 5.76. The highest BCUT2D eigenvalue weighted by Gasteiger charge is 2.20. The topological polar surface area (TPSA) is 37.3 Å². The maximum Gasteiger partial charge on any atom is 0.128 e. The molecule has 0 saturated carbocycles. The highest BCUT2D eigenvalue weighted by Crippen LogP contribution is 2.16. The van der Waals surface area contributed by atoms with Gasteiger partial charge in [-0.25, -0.2) is 0 Å². The van der Waals surface area contributed by atoms with Gasteiger partial charge in [-0.15, -0.1) is 0 Å². The number of hydrogen-bond donors (Lipinski definition) is 1. The van der Waals surface area contributed by atoms with Gasteiger partial charge in [0.1, 0.15) is 6.29 Å². The molecule has 0 aromatic heterocycles. The summed E-state index contributed by atoms with van der Waals surface area (Å²) in [6.07, 6.45) is 2.72. The van der Waals surface area contributed by atoms with Crippen LogP contribution in [0.3, 0.4) is 0 Å². The molecule has 0 radical (unpaired) electrons. The first-order chi connectivity index (χ1) is 4.18. The van der Waals surface area contributed by atoms with Crippen LogP contribution in [0, 0.1) is 5.41 Å². The third-order valence-corrected chi connectivity index (χ3v) is 2.07. The molecule has 0 spiro atoms. The molecule has 1 atom stereocenters. The average Bonchev–Trinajstić information content (AvgIpc) is 1.89. The van der Waals surface area contributed by atoms with Crippen molar-refractivity contribution < 1.29 is 9.90 Å². The Kier molecular flexibility index (Phi) is 3.89. The van der Waals surface area contributed by atoms with Gasteiger partial charge in [0.15, 0.2) is 0 Å². The zero-order valence-corrected chi connectivity index (χ0v) is 6.57. The molecule has 0 aliphatic rings. The van der Waals surface area contributed by atoms with Crippen molar-refractivity contribution in [3.63, 3.8) is 0 Å². The molecule has 0 aromatic carbocycles. The zero-order chi connectivity index (χ0) is 7.33. The summed E-state index contributed by atoms with van der Waals surface area (Å²) in [7, 11) is 0. The normalized spacial score (nSPS) is 16.8. The monoisotopic (exact) mass is 148 g/mol. The maximum absolute atomic E-state index is 10.3. The summed E-state index contributed by atoms with van der Waals surface area (Å²) in [5, 5.41) is 8.67. The minimum atomic E-state index is -0.528. The highest BCUT2D eigenvalue weighted by atomic mass is 32.2. The number of aldehydes is 1. The van der Waals surface area contributed by atoms with E-state index in [-0.39, 0.29) is 6.61 Å². The summed E-state index contributed by atoms with van der Waals surface area (Å²) < 4.78 is 0. The number of aliphatic hydroxyl groups excluding tert-OH is 1. The van der Waals surface area contributed by atoms with E-state index < -0.39 is 5.41 Å². The molecule has 0 aromatic rings. The van der Waals surface area contributed by atoms with E-state index in [0.717, 1.165) is 6.29 Å². The van der Waals surface area contributed by atoms with E-state index in [0.29, 0.717) is 5.75 Å². The third-order valence-electron chi connectivity index (χ3n) is 1.12. The third kappa shape index (κ3) is 2.87. The number of carbonyl (C=O) groups excluding carboxylic acids is 1. The van der Waals surface area contributed by atoms with E-state index in [1.807, 2.05) is 6.26 Å². The fourth-order valence-electron chi connectivity index (χ4n) is 0.447. The van der Waals surface area contributed by atoms with E-state index >= 15 is 0 Å². The van der Waals surface area contributed by atoms with E-state index in [1.165, 1.54) is 0 Å². The van der Waals surface area contributed by atoms with Crippen molar-refractivity contribution in [2.24, 2.45) is 5.41 Å². The molecule has 0 aliphatic heterocycles. The van der Waals surface area contributed by atoms with Gasteiger partial charge in [0, 0.05) is 5.75 Å². The Labute approximate surface area is 59.6 Å². The number of aliphatic hydroxyl groups is 1. The fraction of sp³-hybridized carbons (Fsp3) is 0.833. The van der Waals surface area contributed by atoms with Gasteiger partial charge in [0.25, 0.3) is 0 Å². The first-order valence-corrected chi connectivity index (χ1v) is 4.14. The predicted molar refractivity (Wildman–Crippen MR) is 39.6 cm³/mol. The smallest absolute Gasteiger partial charge is 0.128 e. The Morgan fingerprint density at radius 1 is 1.78 bits per heavy atom. The van der Waals surface area contributed by atoms with Gasteiger partial charge in [-0.1, -0.05) is 0 Å². The number of carbonyl (C=O) groups is 1. The van der Waals surface area contributed by atoms with Crippen LogP contribution in [-0.4, -0.2) is 30.0 Å². The minimum absolute atomic E-state index is 0.0582. The van der Waals surface area contributed by atoms with Gasteiger partial charge in [0.05, 0.1) is 12.0 Å². The molecule has 54 valence electrons. The Morgan fingerprint density at radius 2 is 2.33 bits per heavy atom. The lowest BCUT2D eigenvalue weighted by atomic mass is 9.97. The van der Waals surface area contributed by atoms with Crippen LogP contribution in [0.15, 0.2) is 0 Å². The summed E-state index contributed by atoms with van der Waals surface area (Å²) in [5.74, 6) is 0.688. The second kappa shape index (κ2) is 3.90. The Bertz CT molecular complexity index is 95.1. The first-order valence-electron chi connectivity index (χ1n) is 2.74. The summed E-state index contributed by atoms with van der Waals surface area (Å²) in [6.45, 7) is 1.69. The van der Waals surface area contributed by atoms with Crippen molar-refractivity contribution in [3.8, 4) is 0 Å². The van der Waals surface area contributed by atoms with Gasteiger partial charge >= 0.3 is 0 Å². The summed E-state index contributed by atoms with van der Waals surface area (Å²) in [6, 6.07) is 0. The molecule has 3 heteroatoms. The average molecular weight is 148 g/mol. The van der Waals surface area contributed by atoms with Crippen LogP contribution in [0.5, 0.6) is 0 Å². The van der Waals surface area contributed by atoms with E-state index in [9.17, 15) is 4.79 Å². The second-order valence-corrected chi connectivity index (χ2v) is 3.23. The van der Waals surface area contributed by atoms with Crippen molar-refractivity contribution in [2.75, 3.05) is 18.6 Å². The number of thioether (sulfide) groups is 1. The predicted octanol–water partition coefficient (Wildman–Crippen LogP) is 0.547. The lowest BCUT2D eigenvalue weighted by Crippen LogP contribution is -2.25. The SMILES string of the molecule is CSCC(C)(C=O)CO. The molecule has 2 nitrogen and oxygen atoms in total. The summed E-state index contributed by atoms with van der Waals surface area (Å²) in [5.41, 5.74) is -0.528. The van der Waals surface area contributed by atoms with Crippen LogP contribution >= 0.6 is 11.8 Å². The van der Waals surface area contributed by atoms with Gasteiger partial charge in [-0.3, -0.25) is 0 Å². The maximum atomic E-state index is 10.3. The molecule has 1 unspecified atom stereocenters. The molecule has 0 saturated heterocycles. The number of hydrogen-bond acceptors (Lipinski definition) is 3. The first kappa shape index (κ1) is 8.98. The van der Waals surface area contributed by atoms with E-state index in [1.54, 1.807) is 18.7 Å². The highest BCUT2D eigenvalue weighted by molar-refractivity contribution is 7.98. The van der Waals surface area contributed by atoms with Gasteiger partial charge < -0.3 is 9.90 Å². The lowest BCUT2D eigenvalue weighted by Gasteiger charge is -2.17. The molecular weight excluding hydrogens is 136 g/mol. The van der Waals surface area contributed by atoms with Crippen LogP contribution in [0.25, 0.3) is 0 Å². The van der Waals surface area contributed by atoms with Crippen molar-refractivity contribution in [1.29, 1.82) is 0 Å². The van der Waals surface area contributed by atoms with Crippen LogP contribution in [-0.2, 0) is 4.79 Å². The van der Waals surface area contributed by atoms with Crippen molar-refractivity contribution in [3.05, 3.63) is 0 Å². The van der Waals surface area contributed by atoms with Gasteiger partial charge in [0.2, 0.25) is 0 Å². The molecule has 1 N–H and O–H groups in total. The van der Waals surface area contributed by atoms with Crippen molar-refractivity contribution in [2.45, 2.75) is 6.92 Å².